The first-order valence-corrected chi connectivity index (χ1v) is 11.3. The van der Waals surface area contributed by atoms with E-state index in [9.17, 15) is 5.11 Å². The van der Waals surface area contributed by atoms with Gasteiger partial charge in [-0.15, -0.1) is 0 Å². The molecule has 1 saturated heterocycles. The van der Waals surface area contributed by atoms with Gasteiger partial charge in [-0.25, -0.2) is 0 Å². The van der Waals surface area contributed by atoms with Crippen molar-refractivity contribution in [3.63, 3.8) is 0 Å². The average molecular weight is 431 g/mol. The van der Waals surface area contributed by atoms with Crippen LogP contribution >= 0.6 is 0 Å². The van der Waals surface area contributed by atoms with Gasteiger partial charge in [0, 0.05) is 57.1 Å². The van der Waals surface area contributed by atoms with E-state index in [1.807, 2.05) is 24.4 Å². The van der Waals surface area contributed by atoms with Gasteiger partial charge < -0.3 is 14.7 Å². The number of nitrogens with zero attached hydrogens (tertiary/aromatic N) is 4. The maximum Gasteiger partial charge on any atom is 0.120 e. The standard InChI is InChI=1S/C26H30N4O2/c27-9-1-2-11-29-12-14-30(15-13-29)19-25(31)20-32-26-8-7-21-5-6-22(16-24(21)17-26)23-4-3-10-28-18-23/h3-8,10,16-18,25,31H,1-2,11-15,19-20H2. The molecule has 1 aliphatic heterocycles. The smallest absolute Gasteiger partial charge is 0.120 e. The van der Waals surface area contributed by atoms with Crippen LogP contribution in [0.25, 0.3) is 21.9 Å². The van der Waals surface area contributed by atoms with Crippen LogP contribution in [0, 0.1) is 11.3 Å². The van der Waals surface area contributed by atoms with E-state index in [4.69, 9.17) is 10.00 Å². The lowest BCUT2D eigenvalue weighted by molar-refractivity contribution is 0.0460. The van der Waals surface area contributed by atoms with E-state index in [-0.39, 0.29) is 6.61 Å². The van der Waals surface area contributed by atoms with E-state index >= 15 is 0 Å². The summed E-state index contributed by atoms with van der Waals surface area (Å²) in [7, 11) is 0. The van der Waals surface area contributed by atoms with Gasteiger partial charge in [0.15, 0.2) is 0 Å². The minimum absolute atomic E-state index is 0.274. The van der Waals surface area contributed by atoms with Crippen molar-refractivity contribution in [1.29, 1.82) is 5.26 Å². The van der Waals surface area contributed by atoms with Crippen LogP contribution in [0.3, 0.4) is 0 Å². The number of fused-ring (bicyclic) bond motifs is 1. The summed E-state index contributed by atoms with van der Waals surface area (Å²) in [6.45, 7) is 5.73. The fourth-order valence-electron chi connectivity index (χ4n) is 4.15. The molecule has 0 bridgehead atoms. The Morgan fingerprint density at radius 1 is 1.00 bits per heavy atom. The van der Waals surface area contributed by atoms with Crippen molar-refractivity contribution in [2.24, 2.45) is 0 Å². The molecule has 0 amide bonds. The highest BCUT2D eigenvalue weighted by Gasteiger charge is 2.19. The van der Waals surface area contributed by atoms with Crippen molar-refractivity contribution < 1.29 is 9.84 Å². The molecule has 1 N–H and O–H groups in total. The van der Waals surface area contributed by atoms with Gasteiger partial charge in [0.1, 0.15) is 18.5 Å². The molecule has 1 unspecified atom stereocenters. The number of β-amino-alcohol motifs (C(OH)–C–C–N with tert-alkyl or cyclic N) is 1. The Kier molecular flexibility index (Phi) is 7.68. The van der Waals surface area contributed by atoms with E-state index in [2.05, 4.69) is 51.2 Å². The van der Waals surface area contributed by atoms with Crippen LogP contribution in [0.1, 0.15) is 12.8 Å². The van der Waals surface area contributed by atoms with Crippen LogP contribution in [0.2, 0.25) is 0 Å². The summed E-state index contributed by atoms with van der Waals surface area (Å²) in [5, 5.41) is 21.4. The molecule has 1 aromatic heterocycles. The lowest BCUT2D eigenvalue weighted by atomic mass is 10.0. The lowest BCUT2D eigenvalue weighted by Gasteiger charge is -2.35. The van der Waals surface area contributed by atoms with Crippen molar-refractivity contribution >= 4 is 10.8 Å². The maximum absolute atomic E-state index is 10.5. The number of aromatic nitrogens is 1. The van der Waals surface area contributed by atoms with E-state index in [1.54, 1.807) is 6.20 Å². The Morgan fingerprint density at radius 3 is 2.59 bits per heavy atom. The quantitative estimate of drug-likeness (QED) is 0.524. The highest BCUT2D eigenvalue weighted by molar-refractivity contribution is 5.88. The number of aliphatic hydroxyl groups excluding tert-OH is 1. The summed E-state index contributed by atoms with van der Waals surface area (Å²) in [4.78, 5) is 8.89. The van der Waals surface area contributed by atoms with Gasteiger partial charge in [-0.3, -0.25) is 9.88 Å². The predicted molar refractivity (Wildman–Crippen MR) is 126 cm³/mol. The number of hydrogen-bond donors (Lipinski definition) is 1. The number of nitriles is 1. The van der Waals surface area contributed by atoms with Gasteiger partial charge in [-0.1, -0.05) is 24.3 Å². The molecule has 0 saturated carbocycles. The topological polar surface area (TPSA) is 72.6 Å². The summed E-state index contributed by atoms with van der Waals surface area (Å²) in [6, 6.07) is 18.6. The third kappa shape index (κ3) is 6.04. The summed E-state index contributed by atoms with van der Waals surface area (Å²) in [5.41, 5.74) is 2.20. The van der Waals surface area contributed by atoms with E-state index < -0.39 is 6.10 Å². The van der Waals surface area contributed by atoms with Crippen molar-refractivity contribution in [3.8, 4) is 22.9 Å². The zero-order valence-corrected chi connectivity index (χ0v) is 18.4. The molecule has 166 valence electrons. The zero-order valence-electron chi connectivity index (χ0n) is 18.4. The number of hydrogen-bond acceptors (Lipinski definition) is 6. The molecule has 2 aromatic carbocycles. The van der Waals surface area contributed by atoms with E-state index in [0.717, 1.165) is 66.8 Å². The van der Waals surface area contributed by atoms with E-state index in [1.165, 1.54) is 0 Å². The molecule has 0 spiro atoms. The predicted octanol–water partition coefficient (Wildman–Crippen LogP) is 3.56. The first kappa shape index (κ1) is 22.2. The molecule has 3 aromatic rings. The van der Waals surface area contributed by atoms with Gasteiger partial charge in [0.25, 0.3) is 0 Å². The second kappa shape index (κ2) is 11.1. The Balaban J connectivity index is 1.28. The maximum atomic E-state index is 10.5. The molecule has 1 atom stereocenters. The lowest BCUT2D eigenvalue weighted by Crippen LogP contribution is -2.49. The number of benzene rings is 2. The van der Waals surface area contributed by atoms with E-state index in [0.29, 0.717) is 13.0 Å². The Labute approximate surface area is 189 Å². The zero-order chi connectivity index (χ0) is 22.2. The molecule has 0 aliphatic carbocycles. The summed E-state index contributed by atoms with van der Waals surface area (Å²) in [6.07, 6.45) is 4.67. The van der Waals surface area contributed by atoms with Gasteiger partial charge in [0.05, 0.1) is 6.07 Å². The van der Waals surface area contributed by atoms with Crippen LogP contribution in [0.15, 0.2) is 60.9 Å². The van der Waals surface area contributed by atoms with Crippen LogP contribution in [-0.2, 0) is 0 Å². The molecule has 1 aliphatic rings. The number of unbranched alkanes of at least 4 members (excludes halogenated alkanes) is 1. The average Bonchev–Trinajstić information content (AvgIpc) is 2.84. The first-order valence-electron chi connectivity index (χ1n) is 11.3. The minimum atomic E-state index is -0.530. The Morgan fingerprint density at radius 2 is 1.81 bits per heavy atom. The minimum Gasteiger partial charge on any atom is -0.491 e. The second-order valence-corrected chi connectivity index (χ2v) is 8.33. The van der Waals surface area contributed by atoms with Crippen LogP contribution in [0.4, 0.5) is 0 Å². The molecule has 1 fully saturated rings. The molecular weight excluding hydrogens is 400 g/mol. The van der Waals surface area contributed by atoms with Gasteiger partial charge >= 0.3 is 0 Å². The monoisotopic (exact) mass is 430 g/mol. The molecule has 6 heteroatoms. The fraction of sp³-hybridized carbons (Fsp3) is 0.385. The highest BCUT2D eigenvalue weighted by Crippen LogP contribution is 2.27. The van der Waals surface area contributed by atoms with Gasteiger partial charge in [-0.2, -0.15) is 5.26 Å². The number of aliphatic hydroxyl groups is 1. The van der Waals surface area contributed by atoms with Crippen molar-refractivity contribution in [1.82, 2.24) is 14.8 Å². The summed E-state index contributed by atoms with van der Waals surface area (Å²) in [5.74, 6) is 0.766. The number of piperazine rings is 1. The van der Waals surface area contributed by atoms with Gasteiger partial charge in [0.2, 0.25) is 0 Å². The molecule has 32 heavy (non-hydrogen) atoms. The SMILES string of the molecule is N#CCCCN1CCN(CC(O)COc2ccc3ccc(-c4cccnc4)cc3c2)CC1. The third-order valence-electron chi connectivity index (χ3n) is 5.95. The highest BCUT2D eigenvalue weighted by atomic mass is 16.5. The van der Waals surface area contributed by atoms with Crippen LogP contribution < -0.4 is 4.74 Å². The molecule has 2 heterocycles. The summed E-state index contributed by atoms with van der Waals surface area (Å²) >= 11 is 0. The normalized spacial score (nSPS) is 16.0. The Bertz CT molecular complexity index is 1040. The molecule has 0 radical (unpaired) electrons. The molecule has 6 nitrogen and oxygen atoms in total. The van der Waals surface area contributed by atoms with Crippen molar-refractivity contribution in [2.45, 2.75) is 18.9 Å². The largest absolute Gasteiger partial charge is 0.491 e. The second-order valence-electron chi connectivity index (χ2n) is 8.33. The third-order valence-corrected chi connectivity index (χ3v) is 5.95. The first-order chi connectivity index (χ1) is 15.7. The van der Waals surface area contributed by atoms with Crippen molar-refractivity contribution in [3.05, 3.63) is 60.9 Å². The number of rotatable bonds is 9. The molecule has 4 rings (SSSR count). The molecular formula is C26H30N4O2. The summed E-state index contributed by atoms with van der Waals surface area (Å²) < 4.78 is 5.92. The Hall–Kier alpha value is -2.98. The number of pyridine rings is 1. The van der Waals surface area contributed by atoms with Gasteiger partial charge in [-0.05, 0) is 53.6 Å². The van der Waals surface area contributed by atoms with Crippen molar-refractivity contribution in [2.75, 3.05) is 45.9 Å². The van der Waals surface area contributed by atoms with Crippen LogP contribution in [0.5, 0.6) is 5.75 Å². The fourth-order valence-corrected chi connectivity index (χ4v) is 4.15. The number of ether oxygens (including phenoxy) is 1. The van der Waals surface area contributed by atoms with Crippen LogP contribution in [-0.4, -0.2) is 71.9 Å².